The first-order chi connectivity index (χ1) is 11.0. The van der Waals surface area contributed by atoms with Crippen molar-refractivity contribution < 1.29 is 14.0 Å². The van der Waals surface area contributed by atoms with Gasteiger partial charge in [0.15, 0.2) is 11.2 Å². The van der Waals surface area contributed by atoms with E-state index in [1.165, 1.54) is 11.0 Å². The normalized spacial score (nSPS) is 18.5. The van der Waals surface area contributed by atoms with Gasteiger partial charge in [-0.15, -0.1) is 0 Å². The second kappa shape index (κ2) is 5.87. The Labute approximate surface area is 133 Å². The number of piperazine rings is 1. The predicted octanol–water partition coefficient (Wildman–Crippen LogP) is 1.49. The number of rotatable bonds is 2. The predicted molar refractivity (Wildman–Crippen MR) is 85.2 cm³/mol. The van der Waals surface area contributed by atoms with E-state index in [-0.39, 0.29) is 17.1 Å². The topological polar surface area (TPSA) is 70.8 Å². The molecular weight excluding hydrogens is 296 g/mol. The molecule has 1 aromatic heterocycles. The van der Waals surface area contributed by atoms with Gasteiger partial charge >= 0.3 is 0 Å². The molecule has 0 radical (unpaired) electrons. The quantitative estimate of drug-likeness (QED) is 0.842. The zero-order valence-electron chi connectivity index (χ0n) is 13.1. The molecule has 0 bridgehead atoms. The van der Waals surface area contributed by atoms with Crippen molar-refractivity contribution in [2.45, 2.75) is 19.9 Å². The number of hydrogen-bond acceptors (Lipinski definition) is 4. The first kappa shape index (κ1) is 15.3. The Hall–Kier alpha value is -2.63. The van der Waals surface area contributed by atoms with Gasteiger partial charge in [-0.1, -0.05) is 12.1 Å². The summed E-state index contributed by atoms with van der Waals surface area (Å²) in [6.45, 7) is 5.14. The lowest BCUT2D eigenvalue weighted by Gasteiger charge is -2.38. The van der Waals surface area contributed by atoms with E-state index in [9.17, 15) is 14.4 Å². The average Bonchev–Trinajstić information content (AvgIpc) is 2.56. The average molecular weight is 314 g/mol. The molecule has 1 aliphatic heterocycles. The van der Waals surface area contributed by atoms with E-state index >= 15 is 0 Å². The van der Waals surface area contributed by atoms with Crippen LogP contribution in [0.3, 0.4) is 0 Å². The number of carbonyl (C=O) groups is 2. The van der Waals surface area contributed by atoms with Crippen LogP contribution >= 0.6 is 0 Å². The maximum Gasteiger partial charge on any atom is 0.290 e. The number of hydrogen-bond donors (Lipinski definition) is 0. The van der Waals surface area contributed by atoms with Gasteiger partial charge in [0.25, 0.3) is 5.91 Å². The summed E-state index contributed by atoms with van der Waals surface area (Å²) in [5.41, 5.74) is 0.107. The Bertz CT molecular complexity index is 827. The molecule has 1 saturated heterocycles. The summed E-state index contributed by atoms with van der Waals surface area (Å²) < 4.78 is 5.58. The molecule has 2 amide bonds. The van der Waals surface area contributed by atoms with Crippen LogP contribution in [-0.4, -0.2) is 47.3 Å². The van der Waals surface area contributed by atoms with E-state index in [0.29, 0.717) is 30.6 Å². The molecule has 3 rings (SSSR count). The van der Waals surface area contributed by atoms with Crippen LogP contribution in [0, 0.1) is 0 Å². The molecule has 1 aromatic carbocycles. The van der Waals surface area contributed by atoms with Gasteiger partial charge in [-0.3, -0.25) is 14.4 Å². The lowest BCUT2D eigenvalue weighted by atomic mass is 10.1. The van der Waals surface area contributed by atoms with Gasteiger partial charge in [-0.05, 0) is 26.0 Å². The molecule has 0 N–H and O–H groups in total. The van der Waals surface area contributed by atoms with Crippen LogP contribution in [0.15, 0.2) is 39.5 Å². The molecule has 1 fully saturated rings. The van der Waals surface area contributed by atoms with E-state index in [0.717, 1.165) is 0 Å². The van der Waals surface area contributed by atoms with E-state index in [4.69, 9.17) is 4.42 Å². The molecular formula is C17H18N2O4. The highest BCUT2D eigenvalue weighted by Crippen LogP contribution is 2.17. The number of benzene rings is 1. The van der Waals surface area contributed by atoms with E-state index < -0.39 is 11.9 Å². The van der Waals surface area contributed by atoms with Gasteiger partial charge in [0, 0.05) is 25.7 Å². The SMILES string of the molecule is CCN1CCN(C(=O)c2cc(=O)c3ccccc3o2)[C@H](C)C1=O. The van der Waals surface area contributed by atoms with Crippen molar-refractivity contribution in [2.24, 2.45) is 0 Å². The Balaban J connectivity index is 1.95. The summed E-state index contributed by atoms with van der Waals surface area (Å²) in [5, 5.41) is 0.434. The van der Waals surface area contributed by atoms with Crippen LogP contribution < -0.4 is 5.43 Å². The Morgan fingerprint density at radius 1 is 1.26 bits per heavy atom. The van der Waals surface area contributed by atoms with Crippen molar-refractivity contribution in [3.05, 3.63) is 46.3 Å². The van der Waals surface area contributed by atoms with Crippen LogP contribution in [0.5, 0.6) is 0 Å². The van der Waals surface area contributed by atoms with Crippen molar-refractivity contribution in [2.75, 3.05) is 19.6 Å². The zero-order chi connectivity index (χ0) is 16.6. The van der Waals surface area contributed by atoms with Crippen LogP contribution in [-0.2, 0) is 4.79 Å². The Morgan fingerprint density at radius 2 is 2.00 bits per heavy atom. The third-order valence-electron chi connectivity index (χ3n) is 4.24. The molecule has 2 aromatic rings. The summed E-state index contributed by atoms with van der Waals surface area (Å²) in [7, 11) is 0. The summed E-state index contributed by atoms with van der Waals surface area (Å²) in [6, 6.07) is 7.43. The molecule has 6 heteroatoms. The highest BCUT2D eigenvalue weighted by molar-refractivity contribution is 5.97. The summed E-state index contributed by atoms with van der Waals surface area (Å²) in [4.78, 5) is 40.2. The fraction of sp³-hybridized carbons (Fsp3) is 0.353. The molecule has 120 valence electrons. The standard InChI is InChI=1S/C17H18N2O4/c1-3-18-8-9-19(11(2)16(18)21)17(22)15-10-13(20)12-6-4-5-7-14(12)23-15/h4-7,10-11H,3,8-9H2,1-2H3/t11-/m1/s1. The molecule has 1 aliphatic rings. The van der Waals surface area contributed by atoms with Crippen molar-refractivity contribution in [1.29, 1.82) is 0 Å². The van der Waals surface area contributed by atoms with Crippen LogP contribution in [0.1, 0.15) is 24.4 Å². The minimum atomic E-state index is -0.562. The van der Waals surface area contributed by atoms with Crippen LogP contribution in [0.4, 0.5) is 0 Å². The second-order valence-electron chi connectivity index (χ2n) is 5.56. The van der Waals surface area contributed by atoms with E-state index in [1.54, 1.807) is 36.1 Å². The van der Waals surface area contributed by atoms with Gasteiger partial charge in [0.2, 0.25) is 5.91 Å². The van der Waals surface area contributed by atoms with Crippen molar-refractivity contribution >= 4 is 22.8 Å². The molecule has 6 nitrogen and oxygen atoms in total. The molecule has 0 unspecified atom stereocenters. The Kier molecular flexibility index (Phi) is 3.90. The second-order valence-corrected chi connectivity index (χ2v) is 5.56. The van der Waals surface area contributed by atoms with Gasteiger partial charge < -0.3 is 14.2 Å². The van der Waals surface area contributed by atoms with Crippen molar-refractivity contribution in [3.8, 4) is 0 Å². The number of nitrogens with zero attached hydrogens (tertiary/aromatic N) is 2. The van der Waals surface area contributed by atoms with Gasteiger partial charge in [0.1, 0.15) is 11.6 Å². The van der Waals surface area contributed by atoms with E-state index in [1.807, 2.05) is 6.92 Å². The summed E-state index contributed by atoms with van der Waals surface area (Å²) in [5.74, 6) is -0.544. The molecule has 1 atom stereocenters. The summed E-state index contributed by atoms with van der Waals surface area (Å²) >= 11 is 0. The molecule has 0 spiro atoms. The third-order valence-corrected chi connectivity index (χ3v) is 4.24. The Morgan fingerprint density at radius 3 is 2.74 bits per heavy atom. The largest absolute Gasteiger partial charge is 0.451 e. The number of fused-ring (bicyclic) bond motifs is 1. The maximum absolute atomic E-state index is 12.7. The lowest BCUT2D eigenvalue weighted by Crippen LogP contribution is -2.57. The smallest absolute Gasteiger partial charge is 0.290 e. The number of amides is 2. The monoisotopic (exact) mass is 314 g/mol. The lowest BCUT2D eigenvalue weighted by molar-refractivity contribution is -0.139. The third kappa shape index (κ3) is 2.60. The number of likely N-dealkylation sites (N-methyl/N-ethyl adjacent to an activating group) is 1. The number of carbonyl (C=O) groups excluding carboxylic acids is 2. The maximum atomic E-state index is 12.7. The van der Waals surface area contributed by atoms with Crippen molar-refractivity contribution in [3.63, 3.8) is 0 Å². The first-order valence-electron chi connectivity index (χ1n) is 7.65. The number of para-hydroxylation sites is 1. The van der Waals surface area contributed by atoms with Crippen molar-refractivity contribution in [1.82, 2.24) is 9.80 Å². The minimum absolute atomic E-state index is 0.0294. The fourth-order valence-corrected chi connectivity index (χ4v) is 2.87. The highest BCUT2D eigenvalue weighted by atomic mass is 16.3. The van der Waals surface area contributed by atoms with E-state index in [2.05, 4.69) is 0 Å². The first-order valence-corrected chi connectivity index (χ1v) is 7.65. The fourth-order valence-electron chi connectivity index (χ4n) is 2.87. The van der Waals surface area contributed by atoms with Gasteiger partial charge in [-0.2, -0.15) is 0 Å². The molecule has 0 saturated carbocycles. The van der Waals surface area contributed by atoms with Gasteiger partial charge in [-0.25, -0.2) is 0 Å². The molecule has 0 aliphatic carbocycles. The molecule has 2 heterocycles. The zero-order valence-corrected chi connectivity index (χ0v) is 13.1. The minimum Gasteiger partial charge on any atom is -0.451 e. The van der Waals surface area contributed by atoms with Gasteiger partial charge in [0.05, 0.1) is 5.39 Å². The summed E-state index contributed by atoms with van der Waals surface area (Å²) in [6.07, 6.45) is 0. The molecule has 23 heavy (non-hydrogen) atoms. The highest BCUT2D eigenvalue weighted by Gasteiger charge is 2.35. The van der Waals surface area contributed by atoms with Crippen LogP contribution in [0.2, 0.25) is 0 Å². The van der Waals surface area contributed by atoms with Crippen LogP contribution in [0.25, 0.3) is 11.0 Å².